The van der Waals surface area contributed by atoms with Crippen LogP contribution < -0.4 is 9.64 Å². The van der Waals surface area contributed by atoms with Crippen molar-refractivity contribution in [3.8, 4) is 5.75 Å². The predicted molar refractivity (Wildman–Crippen MR) is 141 cm³/mol. The SMILES string of the molecule is CCCC[C@H]1CN(c2ccccc2)c2cc(SCC)c(OCC(C)(C)C(=O)O)cc2S(=O)(=O)N1C. The highest BCUT2D eigenvalue weighted by Crippen LogP contribution is 2.44. The molecule has 9 heteroatoms. The number of unbranched alkanes of at least 4 members (excludes halogenated alkanes) is 1. The van der Waals surface area contributed by atoms with Gasteiger partial charge in [0.1, 0.15) is 17.3 Å². The Hall–Kier alpha value is -2.23. The lowest BCUT2D eigenvalue weighted by Crippen LogP contribution is -2.40. The number of benzene rings is 2. The van der Waals surface area contributed by atoms with Crippen molar-refractivity contribution in [2.24, 2.45) is 5.41 Å². The van der Waals surface area contributed by atoms with Gasteiger partial charge >= 0.3 is 5.97 Å². The Morgan fingerprint density at radius 2 is 1.89 bits per heavy atom. The molecule has 35 heavy (non-hydrogen) atoms. The molecule has 2 aromatic carbocycles. The summed E-state index contributed by atoms with van der Waals surface area (Å²) in [5, 5.41) is 9.51. The van der Waals surface area contributed by atoms with Crippen molar-refractivity contribution in [3.63, 3.8) is 0 Å². The van der Waals surface area contributed by atoms with E-state index in [0.717, 1.165) is 35.6 Å². The smallest absolute Gasteiger partial charge is 0.312 e. The average Bonchev–Trinajstić information content (AvgIpc) is 2.90. The maximum atomic E-state index is 13.8. The highest BCUT2D eigenvalue weighted by molar-refractivity contribution is 7.99. The van der Waals surface area contributed by atoms with Gasteiger partial charge in [0, 0.05) is 31.4 Å². The Morgan fingerprint density at radius 3 is 2.49 bits per heavy atom. The van der Waals surface area contributed by atoms with Gasteiger partial charge in [-0.05, 0) is 44.2 Å². The van der Waals surface area contributed by atoms with E-state index in [1.54, 1.807) is 38.7 Å². The number of sulfonamides is 1. The molecule has 0 amide bonds. The third-order valence-electron chi connectivity index (χ3n) is 6.31. The minimum absolute atomic E-state index is 0.0736. The molecule has 0 saturated carbocycles. The van der Waals surface area contributed by atoms with Crippen LogP contribution >= 0.6 is 11.8 Å². The van der Waals surface area contributed by atoms with Gasteiger partial charge in [0.05, 0.1) is 16.0 Å². The van der Waals surface area contributed by atoms with Gasteiger partial charge in [-0.15, -0.1) is 11.8 Å². The van der Waals surface area contributed by atoms with Crippen LogP contribution in [-0.4, -0.2) is 55.8 Å². The maximum absolute atomic E-state index is 13.8. The molecule has 3 rings (SSSR count). The molecule has 1 atom stereocenters. The summed E-state index contributed by atoms with van der Waals surface area (Å²) in [6.07, 6.45) is 2.67. The molecule has 0 spiro atoms. The molecule has 2 aromatic rings. The molecular weight excluding hydrogens is 484 g/mol. The van der Waals surface area contributed by atoms with Crippen molar-refractivity contribution in [2.75, 3.05) is 30.9 Å². The molecule has 192 valence electrons. The Kier molecular flexibility index (Phi) is 8.77. The minimum Gasteiger partial charge on any atom is -0.491 e. The normalized spacial score (nSPS) is 18.1. The van der Waals surface area contributed by atoms with E-state index in [0.29, 0.717) is 18.0 Å². The molecule has 1 heterocycles. The van der Waals surface area contributed by atoms with Crippen LogP contribution in [0.15, 0.2) is 52.3 Å². The van der Waals surface area contributed by atoms with E-state index in [-0.39, 0.29) is 17.5 Å². The summed E-state index contributed by atoms with van der Waals surface area (Å²) in [4.78, 5) is 14.7. The van der Waals surface area contributed by atoms with Crippen LogP contribution in [-0.2, 0) is 14.8 Å². The summed E-state index contributed by atoms with van der Waals surface area (Å²) >= 11 is 1.55. The summed E-state index contributed by atoms with van der Waals surface area (Å²) in [5.74, 6) is 0.175. The van der Waals surface area contributed by atoms with Crippen LogP contribution in [0.2, 0.25) is 0 Å². The lowest BCUT2D eigenvalue weighted by Gasteiger charge is -2.29. The van der Waals surface area contributed by atoms with Gasteiger partial charge in [-0.1, -0.05) is 44.9 Å². The van der Waals surface area contributed by atoms with Gasteiger partial charge in [0.2, 0.25) is 10.0 Å². The first-order chi connectivity index (χ1) is 16.5. The molecule has 0 aliphatic carbocycles. The third-order valence-corrected chi connectivity index (χ3v) is 9.16. The summed E-state index contributed by atoms with van der Waals surface area (Å²) in [6, 6.07) is 13.1. The second-order valence-electron chi connectivity index (χ2n) is 9.44. The molecule has 1 aliphatic heterocycles. The Morgan fingerprint density at radius 1 is 1.20 bits per heavy atom. The van der Waals surface area contributed by atoms with Crippen molar-refractivity contribution in [1.82, 2.24) is 4.31 Å². The number of nitrogens with zero attached hydrogens (tertiary/aromatic N) is 2. The largest absolute Gasteiger partial charge is 0.491 e. The summed E-state index contributed by atoms with van der Waals surface area (Å²) in [6.45, 7) is 7.76. The molecule has 0 radical (unpaired) electrons. The summed E-state index contributed by atoms with van der Waals surface area (Å²) < 4.78 is 35.2. The zero-order valence-electron chi connectivity index (χ0n) is 21.2. The number of rotatable bonds is 10. The number of carbonyl (C=O) groups is 1. The van der Waals surface area contributed by atoms with Crippen molar-refractivity contribution >= 4 is 39.1 Å². The number of ether oxygens (including phenoxy) is 1. The zero-order valence-corrected chi connectivity index (χ0v) is 22.8. The fourth-order valence-electron chi connectivity index (χ4n) is 3.99. The van der Waals surface area contributed by atoms with Gasteiger partial charge in [-0.3, -0.25) is 4.79 Å². The van der Waals surface area contributed by atoms with Crippen LogP contribution in [0.5, 0.6) is 5.75 Å². The van der Waals surface area contributed by atoms with Gasteiger partial charge < -0.3 is 14.7 Å². The Labute approximate surface area is 213 Å². The van der Waals surface area contributed by atoms with Crippen LogP contribution in [0.1, 0.15) is 47.0 Å². The predicted octanol–water partition coefficient (Wildman–Crippen LogP) is 5.62. The highest BCUT2D eigenvalue weighted by Gasteiger charge is 2.38. The average molecular weight is 521 g/mol. The number of hydrogen-bond donors (Lipinski definition) is 1. The van der Waals surface area contributed by atoms with Crippen molar-refractivity contribution in [3.05, 3.63) is 42.5 Å². The van der Waals surface area contributed by atoms with Crippen molar-refractivity contribution in [1.29, 1.82) is 0 Å². The van der Waals surface area contributed by atoms with E-state index in [2.05, 4.69) is 11.8 Å². The first-order valence-corrected chi connectivity index (χ1v) is 14.4. The first kappa shape index (κ1) is 27.4. The molecular formula is C26H36N2O5S2. The Bertz CT molecular complexity index is 1140. The van der Waals surface area contributed by atoms with Crippen molar-refractivity contribution < 1.29 is 23.1 Å². The molecule has 0 aromatic heterocycles. The zero-order chi connectivity index (χ0) is 25.8. The van der Waals surface area contributed by atoms with E-state index >= 15 is 0 Å². The number of carboxylic acid groups (broad SMARTS) is 1. The molecule has 0 unspecified atom stereocenters. The molecule has 0 saturated heterocycles. The number of carboxylic acids is 1. The van der Waals surface area contributed by atoms with E-state index < -0.39 is 21.4 Å². The lowest BCUT2D eigenvalue weighted by atomic mass is 9.95. The fourth-order valence-corrected chi connectivity index (χ4v) is 6.32. The number of fused-ring (bicyclic) bond motifs is 1. The van der Waals surface area contributed by atoms with Gasteiger partial charge in [-0.2, -0.15) is 4.31 Å². The highest BCUT2D eigenvalue weighted by atomic mass is 32.2. The maximum Gasteiger partial charge on any atom is 0.312 e. The van der Waals surface area contributed by atoms with E-state index in [1.165, 1.54) is 4.31 Å². The molecule has 0 bridgehead atoms. The van der Waals surface area contributed by atoms with Crippen LogP contribution in [0.25, 0.3) is 0 Å². The van der Waals surface area contributed by atoms with Crippen LogP contribution in [0.4, 0.5) is 11.4 Å². The number of anilines is 2. The first-order valence-electron chi connectivity index (χ1n) is 12.0. The van der Waals surface area contributed by atoms with E-state index in [4.69, 9.17) is 4.74 Å². The van der Waals surface area contributed by atoms with Crippen molar-refractivity contribution in [2.45, 2.75) is 62.8 Å². The number of para-hydroxylation sites is 1. The lowest BCUT2D eigenvalue weighted by molar-refractivity contribution is -0.148. The molecule has 1 N–H and O–H groups in total. The number of likely N-dealkylation sites (N-methyl/N-ethyl adjacent to an activating group) is 1. The minimum atomic E-state index is -3.82. The van der Waals surface area contributed by atoms with Crippen LogP contribution in [0.3, 0.4) is 0 Å². The fraction of sp³-hybridized carbons (Fsp3) is 0.500. The molecule has 0 fully saturated rings. The number of thioether (sulfide) groups is 1. The number of hydrogen-bond acceptors (Lipinski definition) is 6. The van der Waals surface area contributed by atoms with E-state index in [1.807, 2.05) is 43.3 Å². The monoisotopic (exact) mass is 520 g/mol. The van der Waals surface area contributed by atoms with Gasteiger partial charge in [0.25, 0.3) is 0 Å². The van der Waals surface area contributed by atoms with Crippen LogP contribution in [0, 0.1) is 5.41 Å². The molecule has 7 nitrogen and oxygen atoms in total. The topological polar surface area (TPSA) is 87.1 Å². The number of aliphatic carboxylic acids is 1. The quantitative estimate of drug-likeness (QED) is 0.407. The second kappa shape index (κ2) is 11.2. The standard InChI is InChI=1S/C26H36N2O5S2/c1-6-8-12-20-17-28(19-13-10-9-11-14-19)21-15-23(34-7-2)22(33-18-26(3,4)25(29)30)16-24(21)35(31,32)27(20)5/h9-11,13-16,20H,6-8,12,17-18H2,1-5H3,(H,29,30)/t20-/m0/s1. The summed E-state index contributed by atoms with van der Waals surface area (Å²) in [5.41, 5.74) is 0.425. The Balaban J connectivity index is 2.19. The summed E-state index contributed by atoms with van der Waals surface area (Å²) in [7, 11) is -2.17. The second-order valence-corrected chi connectivity index (χ2v) is 12.7. The van der Waals surface area contributed by atoms with Gasteiger partial charge in [-0.25, -0.2) is 8.42 Å². The third kappa shape index (κ3) is 5.95. The van der Waals surface area contributed by atoms with Gasteiger partial charge in [0.15, 0.2) is 0 Å². The molecule has 1 aliphatic rings. The van der Waals surface area contributed by atoms with E-state index in [9.17, 15) is 18.3 Å².